The third-order valence-electron chi connectivity index (χ3n) is 1.42. The highest BCUT2D eigenvalue weighted by atomic mass is 35.5. The van der Waals surface area contributed by atoms with E-state index < -0.39 is 11.6 Å². The Morgan fingerprint density at radius 3 is 2.62 bits per heavy atom. The molecule has 0 unspecified atom stereocenters. The Bertz CT molecular complexity index is 361. The highest BCUT2D eigenvalue weighted by molar-refractivity contribution is 6.30. The van der Waals surface area contributed by atoms with Gasteiger partial charge in [-0.2, -0.15) is 0 Å². The average molecular weight is 203 g/mol. The molecule has 1 aromatic rings. The van der Waals surface area contributed by atoms with Crippen molar-refractivity contribution in [2.75, 3.05) is 0 Å². The van der Waals surface area contributed by atoms with Gasteiger partial charge in [0, 0.05) is 5.56 Å². The Labute approximate surface area is 78.6 Å². The van der Waals surface area contributed by atoms with Gasteiger partial charge in [-0.1, -0.05) is 11.6 Å². The van der Waals surface area contributed by atoms with Crippen LogP contribution in [0, 0.1) is 11.6 Å². The first kappa shape index (κ1) is 9.86. The lowest BCUT2D eigenvalue weighted by atomic mass is 10.2. The van der Waals surface area contributed by atoms with Gasteiger partial charge in [0.2, 0.25) is 0 Å². The van der Waals surface area contributed by atoms with Gasteiger partial charge in [-0.15, -0.1) is 0 Å². The molecule has 0 fully saturated rings. The monoisotopic (exact) mass is 202 g/mol. The fourth-order valence-electron chi connectivity index (χ4n) is 0.831. The fourth-order valence-corrected chi connectivity index (χ4v) is 0.996. The predicted molar refractivity (Wildman–Crippen MR) is 46.5 cm³/mol. The van der Waals surface area contributed by atoms with E-state index in [1.165, 1.54) is 0 Å². The van der Waals surface area contributed by atoms with Gasteiger partial charge in [0.1, 0.15) is 12.1 Å². The van der Waals surface area contributed by atoms with Gasteiger partial charge < -0.3 is 0 Å². The van der Waals surface area contributed by atoms with E-state index in [9.17, 15) is 13.6 Å². The third kappa shape index (κ3) is 2.12. The number of hydrogen-bond donors (Lipinski definition) is 0. The van der Waals surface area contributed by atoms with Crippen molar-refractivity contribution >= 4 is 24.0 Å². The zero-order chi connectivity index (χ0) is 9.84. The second-order valence-electron chi connectivity index (χ2n) is 2.25. The summed E-state index contributed by atoms with van der Waals surface area (Å²) < 4.78 is 25.9. The summed E-state index contributed by atoms with van der Waals surface area (Å²) >= 11 is 5.40. The summed E-state index contributed by atoms with van der Waals surface area (Å²) in [4.78, 5) is 9.92. The summed E-state index contributed by atoms with van der Waals surface area (Å²) in [6.07, 6.45) is 2.46. The van der Waals surface area contributed by atoms with Crippen LogP contribution < -0.4 is 0 Å². The minimum atomic E-state index is -0.861. The largest absolute Gasteiger partial charge is 0.299 e. The first-order chi connectivity index (χ1) is 6.16. The molecule has 0 radical (unpaired) electrons. The Kier molecular flexibility index (Phi) is 3.14. The van der Waals surface area contributed by atoms with Crippen LogP contribution in [0.25, 0.3) is 6.08 Å². The third-order valence-corrected chi connectivity index (χ3v) is 1.71. The van der Waals surface area contributed by atoms with Crippen LogP contribution in [0.2, 0.25) is 5.02 Å². The molecule has 0 saturated carbocycles. The lowest BCUT2D eigenvalue weighted by Crippen LogP contribution is -1.89. The molecular weight excluding hydrogens is 198 g/mol. The number of benzene rings is 1. The van der Waals surface area contributed by atoms with Crippen molar-refractivity contribution in [1.82, 2.24) is 0 Å². The lowest BCUT2D eigenvalue weighted by Gasteiger charge is -1.99. The van der Waals surface area contributed by atoms with Crippen molar-refractivity contribution in [1.29, 1.82) is 0 Å². The molecule has 0 N–H and O–H groups in total. The zero-order valence-electron chi connectivity index (χ0n) is 6.43. The fraction of sp³-hybridized carbons (Fsp3) is 0. The van der Waals surface area contributed by atoms with Crippen LogP contribution in [0.15, 0.2) is 18.2 Å². The van der Waals surface area contributed by atoms with Crippen LogP contribution in [-0.2, 0) is 4.79 Å². The lowest BCUT2D eigenvalue weighted by molar-refractivity contribution is -0.104. The summed E-state index contributed by atoms with van der Waals surface area (Å²) in [6, 6.07) is 2.15. The van der Waals surface area contributed by atoms with Crippen LogP contribution in [-0.4, -0.2) is 6.29 Å². The van der Waals surface area contributed by atoms with Crippen LogP contribution in [0.4, 0.5) is 8.78 Å². The molecule has 68 valence electrons. The summed E-state index contributed by atoms with van der Waals surface area (Å²) in [7, 11) is 0. The van der Waals surface area contributed by atoms with E-state index in [1.54, 1.807) is 0 Å². The highest BCUT2D eigenvalue weighted by Crippen LogP contribution is 2.21. The molecule has 0 spiro atoms. The van der Waals surface area contributed by atoms with Crippen LogP contribution >= 0.6 is 11.6 Å². The first-order valence-corrected chi connectivity index (χ1v) is 3.80. The molecule has 0 aliphatic heterocycles. The van der Waals surface area contributed by atoms with Crippen LogP contribution in [0.3, 0.4) is 0 Å². The summed E-state index contributed by atoms with van der Waals surface area (Å²) in [5, 5.41) is -0.174. The molecule has 0 aromatic heterocycles. The smallest absolute Gasteiger partial charge is 0.151 e. The summed E-state index contributed by atoms with van der Waals surface area (Å²) in [5.41, 5.74) is -0.306. The van der Waals surface area contributed by atoms with Crippen LogP contribution in [0.1, 0.15) is 5.56 Å². The zero-order valence-corrected chi connectivity index (χ0v) is 7.18. The number of carbonyl (C=O) groups is 1. The highest BCUT2D eigenvalue weighted by Gasteiger charge is 2.08. The number of halogens is 3. The van der Waals surface area contributed by atoms with Gasteiger partial charge in [-0.05, 0) is 24.3 Å². The molecule has 4 heteroatoms. The quantitative estimate of drug-likeness (QED) is 0.410. The maximum absolute atomic E-state index is 13.0. The number of hydrogen-bond acceptors (Lipinski definition) is 1. The van der Waals surface area contributed by atoms with E-state index in [1.807, 2.05) is 0 Å². The standard InChI is InChI=1S/C9H5ClF2O/c10-7-3-4-8(11)6(9(7)12)2-1-5-13/h1-5H/b2-1+. The molecule has 0 aliphatic rings. The average Bonchev–Trinajstić information content (AvgIpc) is 2.12. The molecular formula is C9H5ClF2O. The molecule has 0 aliphatic carbocycles. The molecule has 1 rings (SSSR count). The molecule has 0 saturated heterocycles. The maximum atomic E-state index is 13.0. The number of rotatable bonds is 2. The van der Waals surface area contributed by atoms with Crippen molar-refractivity contribution in [3.8, 4) is 0 Å². The Morgan fingerprint density at radius 2 is 2.00 bits per heavy atom. The van der Waals surface area contributed by atoms with Gasteiger partial charge in [0.05, 0.1) is 5.02 Å². The van der Waals surface area contributed by atoms with E-state index >= 15 is 0 Å². The van der Waals surface area contributed by atoms with Gasteiger partial charge in [0.25, 0.3) is 0 Å². The molecule has 13 heavy (non-hydrogen) atoms. The van der Waals surface area contributed by atoms with E-state index in [2.05, 4.69) is 0 Å². The summed E-state index contributed by atoms with van der Waals surface area (Å²) in [6.45, 7) is 0. The normalized spacial score (nSPS) is 10.7. The van der Waals surface area contributed by atoms with Crippen molar-refractivity contribution in [2.45, 2.75) is 0 Å². The molecule has 1 nitrogen and oxygen atoms in total. The number of aldehydes is 1. The molecule has 0 atom stereocenters. The number of carbonyl (C=O) groups excluding carboxylic acids is 1. The van der Waals surface area contributed by atoms with Crippen molar-refractivity contribution < 1.29 is 13.6 Å². The second kappa shape index (κ2) is 4.14. The maximum Gasteiger partial charge on any atom is 0.151 e. The van der Waals surface area contributed by atoms with E-state index in [-0.39, 0.29) is 10.6 Å². The second-order valence-corrected chi connectivity index (χ2v) is 2.66. The van der Waals surface area contributed by atoms with Crippen molar-refractivity contribution in [2.24, 2.45) is 0 Å². The van der Waals surface area contributed by atoms with E-state index in [0.29, 0.717) is 6.29 Å². The Hall–Kier alpha value is -1.22. The van der Waals surface area contributed by atoms with Crippen molar-refractivity contribution in [3.05, 3.63) is 40.4 Å². The van der Waals surface area contributed by atoms with Gasteiger partial charge in [-0.3, -0.25) is 4.79 Å². The summed E-state index contributed by atoms with van der Waals surface area (Å²) in [5.74, 6) is -1.61. The van der Waals surface area contributed by atoms with Gasteiger partial charge >= 0.3 is 0 Å². The topological polar surface area (TPSA) is 17.1 Å². The van der Waals surface area contributed by atoms with E-state index in [4.69, 9.17) is 11.6 Å². The number of allylic oxidation sites excluding steroid dienone is 1. The molecule has 0 bridgehead atoms. The Morgan fingerprint density at radius 1 is 1.31 bits per heavy atom. The minimum absolute atomic E-state index is 0.174. The molecule has 0 amide bonds. The minimum Gasteiger partial charge on any atom is -0.299 e. The molecule has 1 aromatic carbocycles. The SMILES string of the molecule is O=C/C=C/c1c(F)ccc(Cl)c1F. The first-order valence-electron chi connectivity index (χ1n) is 3.42. The van der Waals surface area contributed by atoms with Gasteiger partial charge in [0.15, 0.2) is 5.82 Å². The van der Waals surface area contributed by atoms with Gasteiger partial charge in [-0.25, -0.2) is 8.78 Å². The van der Waals surface area contributed by atoms with Crippen molar-refractivity contribution in [3.63, 3.8) is 0 Å². The van der Waals surface area contributed by atoms with Crippen LogP contribution in [0.5, 0.6) is 0 Å². The van der Waals surface area contributed by atoms with E-state index in [0.717, 1.165) is 24.3 Å². The molecule has 0 heterocycles. The Balaban J connectivity index is 3.25. The predicted octanol–water partition coefficient (Wildman–Crippen LogP) is 2.83.